The van der Waals surface area contributed by atoms with Crippen molar-refractivity contribution < 1.29 is 14.3 Å². The van der Waals surface area contributed by atoms with Crippen LogP contribution >= 0.6 is 22.6 Å². The monoisotopic (exact) mass is 411 g/mol. The molecule has 0 bridgehead atoms. The van der Waals surface area contributed by atoms with Crippen LogP contribution in [0.2, 0.25) is 0 Å². The number of para-hydroxylation sites is 2. The van der Waals surface area contributed by atoms with Crippen LogP contribution in [-0.2, 0) is 0 Å². The van der Waals surface area contributed by atoms with Crippen LogP contribution < -0.4 is 14.8 Å². The molecule has 0 atom stereocenters. The first-order valence-electron chi connectivity index (χ1n) is 6.92. The quantitative estimate of drug-likeness (QED) is 0.586. The maximum Gasteiger partial charge on any atom is 0.252 e. The molecule has 0 radical (unpaired) electrons. The Kier molecular flexibility index (Phi) is 6.06. The highest BCUT2D eigenvalue weighted by Gasteiger charge is 2.09. The molecule has 22 heavy (non-hydrogen) atoms. The van der Waals surface area contributed by atoms with Gasteiger partial charge < -0.3 is 14.8 Å². The minimum atomic E-state index is -0.0898. The van der Waals surface area contributed by atoms with Gasteiger partial charge in [0.1, 0.15) is 6.61 Å². The Morgan fingerprint density at radius 3 is 2.59 bits per heavy atom. The number of hydrogen-bond acceptors (Lipinski definition) is 3. The second-order valence-corrected chi connectivity index (χ2v) is 5.90. The zero-order valence-corrected chi connectivity index (χ0v) is 14.7. The lowest BCUT2D eigenvalue weighted by Gasteiger charge is -2.11. The zero-order valence-electron chi connectivity index (χ0n) is 12.6. The van der Waals surface area contributed by atoms with Crippen LogP contribution in [0.4, 0.5) is 0 Å². The molecule has 0 aliphatic heterocycles. The lowest BCUT2D eigenvalue weighted by Crippen LogP contribution is -2.28. The van der Waals surface area contributed by atoms with E-state index in [-0.39, 0.29) is 5.91 Å². The average Bonchev–Trinajstić information content (AvgIpc) is 2.51. The number of amides is 1. The molecule has 0 saturated heterocycles. The van der Waals surface area contributed by atoms with E-state index in [0.717, 1.165) is 9.13 Å². The van der Waals surface area contributed by atoms with Crippen molar-refractivity contribution in [1.82, 2.24) is 5.32 Å². The van der Waals surface area contributed by atoms with Gasteiger partial charge in [-0.3, -0.25) is 4.79 Å². The first-order chi connectivity index (χ1) is 10.6. The van der Waals surface area contributed by atoms with E-state index in [4.69, 9.17) is 9.47 Å². The van der Waals surface area contributed by atoms with Gasteiger partial charge in [-0.25, -0.2) is 0 Å². The molecule has 0 fully saturated rings. The van der Waals surface area contributed by atoms with Gasteiger partial charge in [-0.2, -0.15) is 0 Å². The maximum atomic E-state index is 12.1. The first kappa shape index (κ1) is 16.6. The van der Waals surface area contributed by atoms with Gasteiger partial charge in [-0.15, -0.1) is 0 Å². The standard InChI is InChI=1S/C17H18INO3/c1-12-7-8-13(14(18)11-12)17(20)19-9-10-22-16-6-4-3-5-15(16)21-2/h3-8,11H,9-10H2,1-2H3,(H,19,20). The van der Waals surface area contributed by atoms with E-state index in [1.165, 1.54) is 0 Å². The van der Waals surface area contributed by atoms with Crippen LogP contribution in [0, 0.1) is 10.5 Å². The number of carbonyl (C=O) groups is 1. The Bertz CT molecular complexity index is 658. The summed E-state index contributed by atoms with van der Waals surface area (Å²) in [5, 5.41) is 2.86. The fraction of sp³-hybridized carbons (Fsp3) is 0.235. The Labute approximate surface area is 144 Å². The summed E-state index contributed by atoms with van der Waals surface area (Å²) < 4.78 is 11.8. The molecular weight excluding hydrogens is 393 g/mol. The minimum absolute atomic E-state index is 0.0898. The molecule has 0 heterocycles. The van der Waals surface area contributed by atoms with Crippen molar-refractivity contribution in [3.05, 3.63) is 57.2 Å². The molecule has 0 aliphatic rings. The van der Waals surface area contributed by atoms with Gasteiger partial charge in [0, 0.05) is 3.57 Å². The van der Waals surface area contributed by atoms with Crippen LogP contribution in [0.3, 0.4) is 0 Å². The third-order valence-electron chi connectivity index (χ3n) is 3.08. The summed E-state index contributed by atoms with van der Waals surface area (Å²) in [6.45, 7) is 2.82. The van der Waals surface area contributed by atoms with Crippen molar-refractivity contribution in [1.29, 1.82) is 0 Å². The molecule has 116 valence electrons. The molecule has 2 rings (SSSR count). The van der Waals surface area contributed by atoms with Crippen LogP contribution in [-0.4, -0.2) is 26.2 Å². The van der Waals surface area contributed by atoms with Gasteiger partial charge in [0.2, 0.25) is 0 Å². The van der Waals surface area contributed by atoms with Crippen molar-refractivity contribution in [3.8, 4) is 11.5 Å². The van der Waals surface area contributed by atoms with Crippen LogP contribution in [0.1, 0.15) is 15.9 Å². The lowest BCUT2D eigenvalue weighted by molar-refractivity contribution is 0.0946. The second-order valence-electron chi connectivity index (χ2n) is 4.74. The molecule has 0 saturated carbocycles. The summed E-state index contributed by atoms with van der Waals surface area (Å²) in [7, 11) is 1.60. The number of aryl methyl sites for hydroxylation is 1. The summed E-state index contributed by atoms with van der Waals surface area (Å²) in [5.41, 5.74) is 1.82. The molecule has 0 aromatic heterocycles. The van der Waals surface area contributed by atoms with E-state index < -0.39 is 0 Å². The lowest BCUT2D eigenvalue weighted by atomic mass is 10.1. The minimum Gasteiger partial charge on any atom is -0.493 e. The van der Waals surface area contributed by atoms with Crippen molar-refractivity contribution >= 4 is 28.5 Å². The largest absolute Gasteiger partial charge is 0.493 e. The number of hydrogen-bond donors (Lipinski definition) is 1. The predicted octanol–water partition coefficient (Wildman–Crippen LogP) is 3.42. The van der Waals surface area contributed by atoms with Crippen molar-refractivity contribution in [2.75, 3.05) is 20.3 Å². The van der Waals surface area contributed by atoms with E-state index >= 15 is 0 Å². The molecule has 4 nitrogen and oxygen atoms in total. The van der Waals surface area contributed by atoms with Gasteiger partial charge in [0.15, 0.2) is 11.5 Å². The summed E-state index contributed by atoms with van der Waals surface area (Å²) in [4.78, 5) is 12.1. The van der Waals surface area contributed by atoms with Gasteiger partial charge in [0.05, 0.1) is 19.2 Å². The van der Waals surface area contributed by atoms with E-state index in [1.54, 1.807) is 7.11 Å². The molecular formula is C17H18INO3. The van der Waals surface area contributed by atoms with Gasteiger partial charge in [-0.1, -0.05) is 23.8 Å². The number of rotatable bonds is 6. The Hall–Kier alpha value is -1.76. The Morgan fingerprint density at radius 1 is 1.18 bits per heavy atom. The molecule has 1 amide bonds. The van der Waals surface area contributed by atoms with Crippen LogP contribution in [0.25, 0.3) is 0 Å². The highest BCUT2D eigenvalue weighted by Crippen LogP contribution is 2.25. The molecule has 0 aliphatic carbocycles. The zero-order chi connectivity index (χ0) is 15.9. The first-order valence-corrected chi connectivity index (χ1v) is 8.00. The maximum absolute atomic E-state index is 12.1. The number of benzene rings is 2. The van der Waals surface area contributed by atoms with E-state index in [2.05, 4.69) is 27.9 Å². The summed E-state index contributed by atoms with van der Waals surface area (Å²) in [6, 6.07) is 13.2. The summed E-state index contributed by atoms with van der Waals surface area (Å²) >= 11 is 2.17. The fourth-order valence-corrected chi connectivity index (χ4v) is 2.88. The third kappa shape index (κ3) is 4.37. The van der Waals surface area contributed by atoms with E-state index in [1.807, 2.05) is 49.4 Å². The second kappa shape index (κ2) is 8.03. The molecule has 1 N–H and O–H groups in total. The normalized spacial score (nSPS) is 10.1. The van der Waals surface area contributed by atoms with Gasteiger partial charge in [0.25, 0.3) is 5.91 Å². The number of halogens is 1. The van der Waals surface area contributed by atoms with Crippen LogP contribution in [0.15, 0.2) is 42.5 Å². The average molecular weight is 411 g/mol. The molecule has 2 aromatic carbocycles. The highest BCUT2D eigenvalue weighted by atomic mass is 127. The number of nitrogens with one attached hydrogen (secondary N) is 1. The summed E-state index contributed by atoms with van der Waals surface area (Å²) in [5.74, 6) is 1.26. The van der Waals surface area contributed by atoms with Gasteiger partial charge >= 0.3 is 0 Å². The van der Waals surface area contributed by atoms with Crippen molar-refractivity contribution in [3.63, 3.8) is 0 Å². The number of methoxy groups -OCH3 is 1. The number of ether oxygens (including phenoxy) is 2. The number of carbonyl (C=O) groups excluding carboxylic acids is 1. The molecule has 0 unspecified atom stereocenters. The SMILES string of the molecule is COc1ccccc1OCCNC(=O)c1ccc(C)cc1I. The van der Waals surface area contributed by atoms with Crippen LogP contribution in [0.5, 0.6) is 11.5 Å². The van der Waals surface area contributed by atoms with E-state index in [9.17, 15) is 4.79 Å². The van der Waals surface area contributed by atoms with Crippen molar-refractivity contribution in [2.24, 2.45) is 0 Å². The fourth-order valence-electron chi connectivity index (χ4n) is 1.96. The Balaban J connectivity index is 1.85. The van der Waals surface area contributed by atoms with Crippen molar-refractivity contribution in [2.45, 2.75) is 6.92 Å². The molecule has 5 heteroatoms. The summed E-state index contributed by atoms with van der Waals surface area (Å²) in [6.07, 6.45) is 0. The third-order valence-corrected chi connectivity index (χ3v) is 3.98. The van der Waals surface area contributed by atoms with Gasteiger partial charge in [-0.05, 0) is 53.8 Å². The smallest absolute Gasteiger partial charge is 0.252 e. The topological polar surface area (TPSA) is 47.6 Å². The Morgan fingerprint density at radius 2 is 1.91 bits per heavy atom. The molecule has 0 spiro atoms. The highest BCUT2D eigenvalue weighted by molar-refractivity contribution is 14.1. The predicted molar refractivity (Wildman–Crippen MR) is 94.7 cm³/mol. The molecule has 2 aromatic rings. The van der Waals surface area contributed by atoms with E-state index in [0.29, 0.717) is 30.2 Å².